The number of benzene rings is 1. The molecule has 0 unspecified atom stereocenters. The molecule has 0 aliphatic heterocycles. The summed E-state index contributed by atoms with van der Waals surface area (Å²) in [5, 5.41) is 13.4. The van der Waals surface area contributed by atoms with E-state index in [0.29, 0.717) is 0 Å². The van der Waals surface area contributed by atoms with Gasteiger partial charge in [-0.15, -0.1) is 0 Å². The van der Waals surface area contributed by atoms with E-state index in [1.807, 2.05) is 57.4 Å². The van der Waals surface area contributed by atoms with E-state index in [2.05, 4.69) is 15.6 Å². The van der Waals surface area contributed by atoms with Crippen LogP contribution in [0.25, 0.3) is 11.3 Å². The molecule has 0 spiro atoms. The average Bonchev–Trinajstić information content (AvgIpc) is 2.87. The Bertz CT molecular complexity index is 596. The molecule has 0 saturated carbocycles. The van der Waals surface area contributed by atoms with Crippen molar-refractivity contribution < 1.29 is 4.42 Å². The third-order valence-electron chi connectivity index (χ3n) is 2.21. The summed E-state index contributed by atoms with van der Waals surface area (Å²) in [4.78, 5) is 4.09. The van der Waals surface area contributed by atoms with Gasteiger partial charge >= 0.3 is 0 Å². The first-order chi connectivity index (χ1) is 9.71. The SMILES string of the molecule is CNC.Cc1ccc(-c2cccc(N=CNC#N)c2)o1. The topological polar surface area (TPSA) is 73.3 Å². The van der Waals surface area contributed by atoms with Crippen molar-refractivity contribution in [3.8, 4) is 17.5 Å². The van der Waals surface area contributed by atoms with Gasteiger partial charge in [0.25, 0.3) is 0 Å². The van der Waals surface area contributed by atoms with Crippen LogP contribution in [-0.4, -0.2) is 20.4 Å². The minimum atomic E-state index is 0.763. The van der Waals surface area contributed by atoms with Gasteiger partial charge in [-0.05, 0) is 45.3 Å². The molecule has 0 fully saturated rings. The summed E-state index contributed by atoms with van der Waals surface area (Å²) in [6.07, 6.45) is 3.12. The van der Waals surface area contributed by atoms with Gasteiger partial charge in [-0.2, -0.15) is 5.26 Å². The molecule has 1 heterocycles. The normalized spacial score (nSPS) is 9.70. The largest absolute Gasteiger partial charge is 0.461 e. The van der Waals surface area contributed by atoms with E-state index in [0.717, 1.165) is 22.8 Å². The summed E-state index contributed by atoms with van der Waals surface area (Å²) in [5.41, 5.74) is 1.73. The van der Waals surface area contributed by atoms with Crippen molar-refractivity contribution >= 4 is 12.0 Å². The van der Waals surface area contributed by atoms with E-state index in [4.69, 9.17) is 9.68 Å². The number of aliphatic imine (C=N–C) groups is 1. The molecule has 0 aliphatic carbocycles. The monoisotopic (exact) mass is 270 g/mol. The molecule has 1 aromatic heterocycles. The predicted molar refractivity (Wildman–Crippen MR) is 80.8 cm³/mol. The van der Waals surface area contributed by atoms with Crippen molar-refractivity contribution in [3.63, 3.8) is 0 Å². The number of rotatable bonds is 3. The Morgan fingerprint density at radius 1 is 1.25 bits per heavy atom. The maximum absolute atomic E-state index is 8.31. The van der Waals surface area contributed by atoms with Crippen molar-refractivity contribution in [2.24, 2.45) is 4.99 Å². The third-order valence-corrected chi connectivity index (χ3v) is 2.21. The minimum absolute atomic E-state index is 0.763. The second-order valence-electron chi connectivity index (χ2n) is 3.97. The fourth-order valence-corrected chi connectivity index (χ4v) is 1.46. The van der Waals surface area contributed by atoms with Crippen molar-refractivity contribution in [1.82, 2.24) is 10.6 Å². The van der Waals surface area contributed by atoms with Crippen molar-refractivity contribution in [1.29, 1.82) is 5.26 Å². The lowest BCUT2D eigenvalue weighted by Crippen LogP contribution is -1.98. The number of nitriles is 1. The van der Waals surface area contributed by atoms with Gasteiger partial charge in [0.05, 0.1) is 5.69 Å². The van der Waals surface area contributed by atoms with Crippen LogP contribution in [0.5, 0.6) is 0 Å². The minimum Gasteiger partial charge on any atom is -0.461 e. The molecule has 2 rings (SSSR count). The standard InChI is InChI=1S/C13H11N3O.C2H7N/c1-10-5-6-13(17-10)11-3-2-4-12(7-11)16-9-15-8-14;1-3-2/h2-7,9H,1H3,(H,15,16);3H,1-2H3. The Labute approximate surface area is 119 Å². The van der Waals surface area contributed by atoms with Crippen LogP contribution in [0.2, 0.25) is 0 Å². The fraction of sp³-hybridized carbons (Fsp3) is 0.200. The van der Waals surface area contributed by atoms with Crippen LogP contribution in [0.15, 0.2) is 45.8 Å². The Hall–Kier alpha value is -2.58. The summed E-state index contributed by atoms with van der Waals surface area (Å²) in [5.74, 6) is 1.69. The van der Waals surface area contributed by atoms with Crippen molar-refractivity contribution in [2.75, 3.05) is 14.1 Å². The Morgan fingerprint density at radius 3 is 2.60 bits per heavy atom. The van der Waals surface area contributed by atoms with Gasteiger partial charge in [0.2, 0.25) is 0 Å². The third kappa shape index (κ3) is 4.96. The second kappa shape index (κ2) is 8.51. The van der Waals surface area contributed by atoms with Crippen LogP contribution in [0.4, 0.5) is 5.69 Å². The molecule has 1 aromatic carbocycles. The quantitative estimate of drug-likeness (QED) is 0.389. The molecule has 20 heavy (non-hydrogen) atoms. The van der Waals surface area contributed by atoms with Gasteiger partial charge in [0.15, 0.2) is 6.19 Å². The first-order valence-corrected chi connectivity index (χ1v) is 6.13. The Kier molecular flexibility index (Phi) is 6.59. The summed E-state index contributed by atoms with van der Waals surface area (Å²) < 4.78 is 5.53. The van der Waals surface area contributed by atoms with Gasteiger partial charge in [-0.25, -0.2) is 4.99 Å². The van der Waals surface area contributed by atoms with Crippen molar-refractivity contribution in [2.45, 2.75) is 6.92 Å². The zero-order valence-electron chi connectivity index (χ0n) is 11.8. The van der Waals surface area contributed by atoms with Crippen LogP contribution in [0.1, 0.15) is 5.76 Å². The average molecular weight is 270 g/mol. The number of furan rings is 1. The Morgan fingerprint density at radius 2 is 2.00 bits per heavy atom. The number of nitrogens with zero attached hydrogens (tertiary/aromatic N) is 2. The van der Waals surface area contributed by atoms with Crippen LogP contribution in [-0.2, 0) is 0 Å². The lowest BCUT2D eigenvalue weighted by atomic mass is 10.1. The van der Waals surface area contributed by atoms with Gasteiger partial charge in [-0.1, -0.05) is 12.1 Å². The highest BCUT2D eigenvalue weighted by molar-refractivity contribution is 5.67. The molecule has 0 aliphatic rings. The molecule has 2 N–H and O–H groups in total. The molecule has 2 aromatic rings. The molecule has 0 radical (unpaired) electrons. The number of aryl methyl sites for hydroxylation is 1. The zero-order valence-corrected chi connectivity index (χ0v) is 11.8. The first kappa shape index (κ1) is 15.5. The second-order valence-corrected chi connectivity index (χ2v) is 3.97. The van der Waals surface area contributed by atoms with Gasteiger partial charge in [-0.3, -0.25) is 5.32 Å². The molecule has 104 valence electrons. The van der Waals surface area contributed by atoms with E-state index in [9.17, 15) is 0 Å². The van der Waals surface area contributed by atoms with Gasteiger partial charge in [0.1, 0.15) is 17.9 Å². The summed E-state index contributed by atoms with van der Waals surface area (Å²) in [6, 6.07) is 11.4. The number of hydrogen-bond donors (Lipinski definition) is 2. The number of nitrogens with one attached hydrogen (secondary N) is 2. The molecule has 0 bridgehead atoms. The van der Waals surface area contributed by atoms with E-state index in [-0.39, 0.29) is 0 Å². The summed E-state index contributed by atoms with van der Waals surface area (Å²) >= 11 is 0. The van der Waals surface area contributed by atoms with Crippen LogP contribution in [0.3, 0.4) is 0 Å². The van der Waals surface area contributed by atoms with E-state index in [1.165, 1.54) is 6.34 Å². The lowest BCUT2D eigenvalue weighted by Gasteiger charge is -1.98. The molecular formula is C15H18N4O. The smallest absolute Gasteiger partial charge is 0.182 e. The molecular weight excluding hydrogens is 252 g/mol. The lowest BCUT2D eigenvalue weighted by molar-refractivity contribution is 0.548. The molecule has 0 atom stereocenters. The maximum atomic E-state index is 8.31. The highest BCUT2D eigenvalue weighted by atomic mass is 16.3. The van der Waals surface area contributed by atoms with Crippen molar-refractivity contribution in [3.05, 3.63) is 42.2 Å². The molecule has 5 nitrogen and oxygen atoms in total. The van der Waals surface area contributed by atoms with Gasteiger partial charge < -0.3 is 9.73 Å². The highest BCUT2D eigenvalue weighted by Crippen LogP contribution is 2.25. The van der Waals surface area contributed by atoms with Crippen LogP contribution >= 0.6 is 0 Å². The first-order valence-electron chi connectivity index (χ1n) is 6.13. The molecule has 5 heteroatoms. The fourth-order valence-electron chi connectivity index (χ4n) is 1.46. The molecule has 0 saturated heterocycles. The van der Waals surface area contributed by atoms with Crippen LogP contribution in [0, 0.1) is 18.4 Å². The Balaban J connectivity index is 0.000000612. The van der Waals surface area contributed by atoms with Gasteiger partial charge in [0, 0.05) is 5.56 Å². The molecule has 0 amide bonds. The predicted octanol–water partition coefficient (Wildman–Crippen LogP) is 2.82. The highest BCUT2D eigenvalue weighted by Gasteiger charge is 2.02. The van der Waals surface area contributed by atoms with Crippen LogP contribution < -0.4 is 10.6 Å². The van der Waals surface area contributed by atoms with E-state index < -0.39 is 0 Å². The zero-order chi connectivity index (χ0) is 14.8. The number of hydrogen-bond acceptors (Lipinski definition) is 4. The summed E-state index contributed by atoms with van der Waals surface area (Å²) in [7, 11) is 3.75. The van der Waals surface area contributed by atoms with E-state index >= 15 is 0 Å². The van der Waals surface area contributed by atoms with E-state index in [1.54, 1.807) is 6.19 Å². The summed E-state index contributed by atoms with van der Waals surface area (Å²) in [6.45, 7) is 1.91. The maximum Gasteiger partial charge on any atom is 0.182 e.